The lowest BCUT2D eigenvalue weighted by Gasteiger charge is -2.17. The van der Waals surface area contributed by atoms with Gasteiger partial charge in [-0.15, -0.1) is 0 Å². The van der Waals surface area contributed by atoms with Crippen LogP contribution in [0.2, 0.25) is 0 Å². The van der Waals surface area contributed by atoms with Gasteiger partial charge in [0.1, 0.15) is 6.10 Å². The maximum atomic E-state index is 11.7. The van der Waals surface area contributed by atoms with Crippen LogP contribution in [0.3, 0.4) is 0 Å². The number of carbonyl (C=O) groups is 1. The Morgan fingerprint density at radius 2 is 1.34 bits per heavy atom. The second kappa shape index (κ2) is 21.8. The number of esters is 1. The zero-order chi connectivity index (χ0) is 21.6. The van der Waals surface area contributed by atoms with Crippen molar-refractivity contribution in [2.75, 3.05) is 6.61 Å². The van der Waals surface area contributed by atoms with E-state index in [2.05, 4.69) is 19.1 Å². The van der Waals surface area contributed by atoms with Crippen molar-refractivity contribution in [2.45, 2.75) is 128 Å². The molecule has 0 amide bonds. The molecule has 2 atom stereocenters. The van der Waals surface area contributed by atoms with Crippen molar-refractivity contribution in [1.82, 2.24) is 0 Å². The molecular weight excluding hydrogens is 368 g/mol. The van der Waals surface area contributed by atoms with E-state index >= 15 is 0 Å². The number of unbranched alkanes of at least 4 members (excludes halogenated alkanes) is 12. The van der Waals surface area contributed by atoms with Gasteiger partial charge in [-0.3, -0.25) is 4.79 Å². The standard InChI is InChI=1S/C24H46O5/c1-2-3-4-5-6-7-8-9-10-11-12-13-14-15-16-20-23(27)29-24(28)22(26)19-17-18-21-25/h9-10,22,24-26,28H,2-8,11-21H2,1H3/b10-9-. The van der Waals surface area contributed by atoms with Crippen LogP contribution in [0.4, 0.5) is 0 Å². The quantitative estimate of drug-likeness (QED) is 0.101. The maximum Gasteiger partial charge on any atom is 0.308 e. The lowest BCUT2D eigenvalue weighted by atomic mass is 10.1. The van der Waals surface area contributed by atoms with Crippen molar-refractivity contribution in [3.63, 3.8) is 0 Å². The summed E-state index contributed by atoms with van der Waals surface area (Å²) in [5, 5.41) is 28.0. The number of rotatable bonds is 21. The van der Waals surface area contributed by atoms with Gasteiger partial charge < -0.3 is 20.1 Å². The highest BCUT2D eigenvalue weighted by Crippen LogP contribution is 2.12. The minimum atomic E-state index is -1.47. The van der Waals surface area contributed by atoms with Crippen molar-refractivity contribution < 1.29 is 24.9 Å². The van der Waals surface area contributed by atoms with E-state index in [0.29, 0.717) is 19.3 Å². The summed E-state index contributed by atoms with van der Waals surface area (Å²) >= 11 is 0. The maximum absolute atomic E-state index is 11.7. The zero-order valence-corrected chi connectivity index (χ0v) is 18.7. The SMILES string of the molecule is CCCCCCCC/C=C\CCCCCCCC(=O)OC(O)C(O)CCCCO. The number of aliphatic hydroxyl groups is 3. The number of allylic oxidation sites excluding steroid dienone is 2. The van der Waals surface area contributed by atoms with E-state index in [0.717, 1.165) is 25.7 Å². The normalized spacial score (nSPS) is 13.7. The summed E-state index contributed by atoms with van der Waals surface area (Å²) < 4.78 is 4.86. The van der Waals surface area contributed by atoms with Gasteiger partial charge >= 0.3 is 5.97 Å². The van der Waals surface area contributed by atoms with Gasteiger partial charge in [0.05, 0.1) is 0 Å². The number of aliphatic hydroxyl groups excluding tert-OH is 3. The minimum Gasteiger partial charge on any atom is -0.433 e. The van der Waals surface area contributed by atoms with Gasteiger partial charge in [-0.25, -0.2) is 0 Å². The lowest BCUT2D eigenvalue weighted by molar-refractivity contribution is -0.187. The molecule has 0 bridgehead atoms. The first-order valence-corrected chi connectivity index (χ1v) is 11.9. The van der Waals surface area contributed by atoms with Crippen molar-refractivity contribution in [3.8, 4) is 0 Å². The minimum absolute atomic E-state index is 0.0537. The van der Waals surface area contributed by atoms with Gasteiger partial charge in [0, 0.05) is 13.0 Å². The Hall–Kier alpha value is -0.910. The largest absolute Gasteiger partial charge is 0.433 e. The number of ether oxygens (including phenoxy) is 1. The first-order chi connectivity index (χ1) is 14.1. The van der Waals surface area contributed by atoms with E-state index in [1.54, 1.807) is 0 Å². The number of hydrogen-bond acceptors (Lipinski definition) is 5. The number of carbonyl (C=O) groups excluding carboxylic acids is 1. The summed E-state index contributed by atoms with van der Waals surface area (Å²) in [7, 11) is 0. The van der Waals surface area contributed by atoms with E-state index in [1.165, 1.54) is 57.8 Å². The summed E-state index contributed by atoms with van der Waals surface area (Å²) in [4.78, 5) is 11.7. The Balaban J connectivity index is 3.42. The van der Waals surface area contributed by atoms with Gasteiger partial charge in [-0.05, 0) is 51.4 Å². The molecule has 0 fully saturated rings. The fourth-order valence-electron chi connectivity index (χ4n) is 3.22. The second-order valence-electron chi connectivity index (χ2n) is 8.00. The molecule has 0 rings (SSSR count). The summed E-state index contributed by atoms with van der Waals surface area (Å²) in [5.41, 5.74) is 0. The predicted molar refractivity (Wildman–Crippen MR) is 118 cm³/mol. The molecule has 0 aliphatic heterocycles. The Labute approximate surface area is 178 Å². The molecule has 172 valence electrons. The third kappa shape index (κ3) is 20.2. The molecule has 5 heteroatoms. The third-order valence-electron chi connectivity index (χ3n) is 5.13. The van der Waals surface area contributed by atoms with Crippen LogP contribution in [-0.2, 0) is 9.53 Å². The Morgan fingerprint density at radius 1 is 0.793 bits per heavy atom. The smallest absolute Gasteiger partial charge is 0.308 e. The average molecular weight is 415 g/mol. The van der Waals surface area contributed by atoms with Crippen molar-refractivity contribution in [1.29, 1.82) is 0 Å². The van der Waals surface area contributed by atoms with E-state index in [-0.39, 0.29) is 13.0 Å². The first-order valence-electron chi connectivity index (χ1n) is 11.9. The molecule has 0 aliphatic carbocycles. The highest BCUT2D eigenvalue weighted by molar-refractivity contribution is 5.69. The highest BCUT2D eigenvalue weighted by Gasteiger charge is 2.19. The average Bonchev–Trinajstić information content (AvgIpc) is 2.70. The van der Waals surface area contributed by atoms with E-state index < -0.39 is 18.4 Å². The summed E-state index contributed by atoms with van der Waals surface area (Å²) in [6.07, 6.45) is 19.4. The fourth-order valence-corrected chi connectivity index (χ4v) is 3.22. The Kier molecular flexibility index (Phi) is 21.1. The molecule has 0 aliphatic rings. The molecular formula is C24H46O5. The van der Waals surface area contributed by atoms with Crippen LogP contribution in [0.1, 0.15) is 116 Å². The van der Waals surface area contributed by atoms with Gasteiger partial charge in [0.25, 0.3) is 0 Å². The third-order valence-corrected chi connectivity index (χ3v) is 5.13. The molecule has 0 aromatic rings. The Morgan fingerprint density at radius 3 is 1.93 bits per heavy atom. The first kappa shape index (κ1) is 28.1. The molecule has 0 saturated heterocycles. The molecule has 29 heavy (non-hydrogen) atoms. The monoisotopic (exact) mass is 414 g/mol. The molecule has 0 heterocycles. The fraction of sp³-hybridized carbons (Fsp3) is 0.875. The van der Waals surface area contributed by atoms with Crippen LogP contribution in [0.25, 0.3) is 0 Å². The van der Waals surface area contributed by atoms with Crippen molar-refractivity contribution >= 4 is 5.97 Å². The molecule has 0 radical (unpaired) electrons. The molecule has 0 spiro atoms. The molecule has 0 aromatic carbocycles. The van der Waals surface area contributed by atoms with Gasteiger partial charge in [0.15, 0.2) is 0 Å². The Bertz CT molecular complexity index is 383. The predicted octanol–water partition coefficient (Wildman–Crippen LogP) is 5.41. The molecule has 3 N–H and O–H groups in total. The van der Waals surface area contributed by atoms with Gasteiger partial charge in [-0.1, -0.05) is 70.4 Å². The highest BCUT2D eigenvalue weighted by atomic mass is 16.6. The van der Waals surface area contributed by atoms with Crippen LogP contribution >= 0.6 is 0 Å². The van der Waals surface area contributed by atoms with Crippen molar-refractivity contribution in [3.05, 3.63) is 12.2 Å². The van der Waals surface area contributed by atoms with Gasteiger partial charge in [-0.2, -0.15) is 0 Å². The molecule has 2 unspecified atom stereocenters. The van der Waals surface area contributed by atoms with Crippen LogP contribution in [0.5, 0.6) is 0 Å². The van der Waals surface area contributed by atoms with Gasteiger partial charge in [0.2, 0.25) is 6.29 Å². The van der Waals surface area contributed by atoms with Crippen LogP contribution in [0, 0.1) is 0 Å². The molecule has 5 nitrogen and oxygen atoms in total. The summed E-state index contributed by atoms with van der Waals surface area (Å²) in [6.45, 7) is 2.30. The lowest BCUT2D eigenvalue weighted by Crippen LogP contribution is -2.31. The zero-order valence-electron chi connectivity index (χ0n) is 18.7. The van der Waals surface area contributed by atoms with E-state index in [9.17, 15) is 15.0 Å². The molecule has 0 aromatic heterocycles. The van der Waals surface area contributed by atoms with Crippen molar-refractivity contribution in [2.24, 2.45) is 0 Å². The second-order valence-corrected chi connectivity index (χ2v) is 8.00. The number of hydrogen-bond donors (Lipinski definition) is 3. The van der Waals surface area contributed by atoms with Crippen LogP contribution in [0.15, 0.2) is 12.2 Å². The summed E-state index contributed by atoms with van der Waals surface area (Å²) in [6, 6.07) is 0. The topological polar surface area (TPSA) is 87.0 Å². The van der Waals surface area contributed by atoms with Crippen LogP contribution < -0.4 is 0 Å². The molecule has 0 saturated carbocycles. The van der Waals surface area contributed by atoms with E-state index in [1.807, 2.05) is 0 Å². The van der Waals surface area contributed by atoms with Crippen LogP contribution in [-0.4, -0.2) is 40.3 Å². The van der Waals surface area contributed by atoms with E-state index in [4.69, 9.17) is 9.84 Å². The summed E-state index contributed by atoms with van der Waals surface area (Å²) in [5.74, 6) is -0.462.